The molecule has 152 valence electrons. The average molecular weight is 401 g/mol. The number of hydrogen-bond donors (Lipinski definition) is 1. The van der Waals surface area contributed by atoms with Crippen LogP contribution in [0.3, 0.4) is 0 Å². The topological polar surface area (TPSA) is 71.5 Å². The minimum atomic E-state index is -2.87. The number of alkyl halides is 2. The van der Waals surface area contributed by atoms with Gasteiger partial charge in [0.05, 0.1) is 25.5 Å². The molecule has 1 aliphatic heterocycles. The van der Waals surface area contributed by atoms with E-state index in [9.17, 15) is 8.78 Å². The summed E-state index contributed by atoms with van der Waals surface area (Å²) in [6.07, 6.45) is 0.456. The molecule has 2 heterocycles. The molecule has 1 aromatic heterocycles. The maximum Gasteiger partial charge on any atom is 0.345 e. The lowest BCUT2D eigenvalue weighted by Crippen LogP contribution is -2.34. The predicted octanol–water partition coefficient (Wildman–Crippen LogP) is 3.57. The number of hydrogen-bond acceptors (Lipinski definition) is 5. The van der Waals surface area contributed by atoms with Crippen LogP contribution in [0.25, 0.3) is 11.3 Å². The largest absolute Gasteiger partial charge is 0.484 e. The summed E-state index contributed by atoms with van der Waals surface area (Å²) in [5, 5.41) is 4.62. The number of ether oxygens (including phenoxy) is 3. The minimum absolute atomic E-state index is 0.0768. The monoisotopic (exact) mass is 401 g/mol. The molecule has 0 saturated carbocycles. The zero-order valence-corrected chi connectivity index (χ0v) is 15.6. The van der Waals surface area contributed by atoms with E-state index in [1.54, 1.807) is 6.07 Å². The smallest absolute Gasteiger partial charge is 0.345 e. The molecule has 2 N–H and O–H groups in total. The van der Waals surface area contributed by atoms with Gasteiger partial charge in [-0.2, -0.15) is 13.9 Å². The number of aromatic nitrogens is 2. The molecule has 1 aliphatic rings. The summed E-state index contributed by atoms with van der Waals surface area (Å²) in [5.74, 6) is 0.545. The zero-order chi connectivity index (χ0) is 20.2. The molecule has 1 fully saturated rings. The number of halogens is 2. The van der Waals surface area contributed by atoms with Gasteiger partial charge in [0, 0.05) is 17.4 Å². The van der Waals surface area contributed by atoms with Gasteiger partial charge in [-0.3, -0.25) is 4.68 Å². The van der Waals surface area contributed by atoms with Gasteiger partial charge in [0.1, 0.15) is 11.9 Å². The second-order valence-corrected chi connectivity index (χ2v) is 6.77. The Morgan fingerprint density at radius 3 is 2.62 bits per heavy atom. The molecule has 0 radical (unpaired) electrons. The number of anilines is 1. The van der Waals surface area contributed by atoms with E-state index in [-0.39, 0.29) is 13.2 Å². The van der Waals surface area contributed by atoms with Crippen LogP contribution in [0.2, 0.25) is 0 Å². The van der Waals surface area contributed by atoms with E-state index in [4.69, 9.17) is 15.2 Å². The molecule has 8 heteroatoms. The van der Waals surface area contributed by atoms with Gasteiger partial charge >= 0.3 is 6.61 Å². The number of nitrogen functional groups attached to an aromatic ring is 1. The van der Waals surface area contributed by atoms with Gasteiger partial charge < -0.3 is 19.9 Å². The van der Waals surface area contributed by atoms with Crippen molar-refractivity contribution in [1.82, 2.24) is 9.78 Å². The van der Waals surface area contributed by atoms with Gasteiger partial charge in [0.15, 0.2) is 6.10 Å². The predicted molar refractivity (Wildman–Crippen MR) is 104 cm³/mol. The van der Waals surface area contributed by atoms with E-state index in [2.05, 4.69) is 9.84 Å². The second-order valence-electron chi connectivity index (χ2n) is 6.77. The van der Waals surface area contributed by atoms with Gasteiger partial charge in [-0.05, 0) is 35.9 Å². The SMILES string of the molecule is Nc1ccc(Cn2ccc(-c3ccccc3O[C@@H]3COCC3OC(F)F)n2)cc1. The van der Waals surface area contributed by atoms with Crippen LogP contribution in [0.4, 0.5) is 14.5 Å². The summed E-state index contributed by atoms with van der Waals surface area (Å²) in [6, 6.07) is 16.9. The Labute approximate surface area is 166 Å². The molecule has 4 rings (SSSR count). The highest BCUT2D eigenvalue weighted by Crippen LogP contribution is 2.31. The number of para-hydroxylation sites is 1. The maximum absolute atomic E-state index is 12.6. The van der Waals surface area contributed by atoms with Crippen LogP contribution in [-0.2, 0) is 16.0 Å². The molecule has 6 nitrogen and oxygen atoms in total. The first-order valence-corrected chi connectivity index (χ1v) is 9.24. The van der Waals surface area contributed by atoms with Gasteiger partial charge in [-0.25, -0.2) is 0 Å². The molecule has 0 spiro atoms. The molecule has 29 heavy (non-hydrogen) atoms. The third kappa shape index (κ3) is 4.72. The third-order valence-corrected chi connectivity index (χ3v) is 4.66. The van der Waals surface area contributed by atoms with Crippen molar-refractivity contribution in [2.24, 2.45) is 0 Å². The lowest BCUT2D eigenvalue weighted by atomic mass is 10.1. The Morgan fingerprint density at radius 2 is 1.83 bits per heavy atom. The van der Waals surface area contributed by atoms with Crippen LogP contribution < -0.4 is 10.5 Å². The standard InChI is InChI=1S/C21H21F2N3O3/c22-21(23)29-20-13-27-12-19(20)28-18-4-2-1-3-16(18)17-9-10-26(25-17)11-14-5-7-15(24)8-6-14/h1-10,19-21H,11-13,24H2/t19-,20?/m1/s1. The van der Waals surface area contributed by atoms with Crippen molar-refractivity contribution in [2.75, 3.05) is 18.9 Å². The Balaban J connectivity index is 1.51. The highest BCUT2D eigenvalue weighted by atomic mass is 19.3. The molecule has 1 saturated heterocycles. The lowest BCUT2D eigenvalue weighted by molar-refractivity contribution is -0.175. The van der Waals surface area contributed by atoms with Gasteiger partial charge in [-0.1, -0.05) is 24.3 Å². The van der Waals surface area contributed by atoms with Crippen molar-refractivity contribution >= 4 is 5.69 Å². The minimum Gasteiger partial charge on any atom is -0.484 e. The highest BCUT2D eigenvalue weighted by Gasteiger charge is 2.33. The summed E-state index contributed by atoms with van der Waals surface area (Å²) in [4.78, 5) is 0. The first-order valence-electron chi connectivity index (χ1n) is 9.24. The van der Waals surface area contributed by atoms with Crippen molar-refractivity contribution in [1.29, 1.82) is 0 Å². The molecule has 1 unspecified atom stereocenters. The van der Waals surface area contributed by atoms with Gasteiger partial charge in [0.2, 0.25) is 0 Å². The number of nitrogens with two attached hydrogens (primary N) is 1. The summed E-state index contributed by atoms with van der Waals surface area (Å²) < 4.78 is 42.8. The average Bonchev–Trinajstić information content (AvgIpc) is 3.34. The fourth-order valence-corrected chi connectivity index (χ4v) is 3.23. The van der Waals surface area contributed by atoms with Crippen molar-refractivity contribution in [3.63, 3.8) is 0 Å². The van der Waals surface area contributed by atoms with Crippen LogP contribution in [0.15, 0.2) is 60.8 Å². The number of nitrogens with zero attached hydrogens (tertiary/aromatic N) is 2. The Bertz CT molecular complexity index is 946. The van der Waals surface area contributed by atoms with Crippen molar-refractivity contribution in [3.8, 4) is 17.0 Å². The Morgan fingerprint density at radius 1 is 1.07 bits per heavy atom. The second kappa shape index (κ2) is 8.59. The molecule has 3 aromatic rings. The first kappa shape index (κ1) is 19.4. The molecule has 0 amide bonds. The first-order chi connectivity index (χ1) is 14.1. The summed E-state index contributed by atoms with van der Waals surface area (Å²) >= 11 is 0. The van der Waals surface area contributed by atoms with Gasteiger partial charge in [0.25, 0.3) is 0 Å². The van der Waals surface area contributed by atoms with Gasteiger partial charge in [-0.15, -0.1) is 0 Å². The normalized spacial score (nSPS) is 19.0. The quantitative estimate of drug-likeness (QED) is 0.613. The van der Waals surface area contributed by atoms with E-state index >= 15 is 0 Å². The van der Waals surface area contributed by atoms with Crippen molar-refractivity contribution in [3.05, 3.63) is 66.4 Å². The molecule has 0 bridgehead atoms. The fraction of sp³-hybridized carbons (Fsp3) is 0.286. The Kier molecular flexibility index (Phi) is 5.73. The van der Waals surface area contributed by atoms with Crippen LogP contribution >= 0.6 is 0 Å². The molecule has 2 atom stereocenters. The van der Waals surface area contributed by atoms with Crippen LogP contribution in [-0.4, -0.2) is 41.8 Å². The summed E-state index contributed by atoms with van der Waals surface area (Å²) in [5.41, 5.74) is 9.01. The summed E-state index contributed by atoms with van der Waals surface area (Å²) in [6.45, 7) is -2.00. The zero-order valence-electron chi connectivity index (χ0n) is 15.6. The lowest BCUT2D eigenvalue weighted by Gasteiger charge is -2.20. The van der Waals surface area contributed by atoms with Crippen molar-refractivity contribution < 1.29 is 23.0 Å². The van der Waals surface area contributed by atoms with E-state index in [1.807, 2.05) is 59.4 Å². The summed E-state index contributed by atoms with van der Waals surface area (Å²) in [7, 11) is 0. The molecular weight excluding hydrogens is 380 g/mol. The van der Waals surface area contributed by atoms with Crippen LogP contribution in [0, 0.1) is 0 Å². The number of rotatable bonds is 7. The molecule has 0 aliphatic carbocycles. The van der Waals surface area contributed by atoms with E-state index in [1.165, 1.54) is 0 Å². The third-order valence-electron chi connectivity index (χ3n) is 4.66. The van der Waals surface area contributed by atoms with E-state index < -0.39 is 18.8 Å². The maximum atomic E-state index is 12.6. The van der Waals surface area contributed by atoms with Crippen molar-refractivity contribution in [2.45, 2.75) is 25.4 Å². The van der Waals surface area contributed by atoms with E-state index in [0.717, 1.165) is 16.8 Å². The van der Waals surface area contributed by atoms with E-state index in [0.29, 0.717) is 18.0 Å². The molecule has 2 aromatic carbocycles. The number of benzene rings is 2. The van der Waals surface area contributed by atoms with Crippen LogP contribution in [0.1, 0.15) is 5.56 Å². The fourth-order valence-electron chi connectivity index (χ4n) is 3.23. The molecular formula is C21H21F2N3O3. The van der Waals surface area contributed by atoms with Crippen LogP contribution in [0.5, 0.6) is 5.75 Å². The Hall–Kier alpha value is -2.97. The highest BCUT2D eigenvalue weighted by molar-refractivity contribution is 5.66.